The molecule has 2 heterocycles. The SMILES string of the molecule is O=C(NCC(=O)N1CCC(F)(F)CC1)c1ccc(-n2ccnn2)cc1. The van der Waals surface area contributed by atoms with Gasteiger partial charge in [0, 0.05) is 31.5 Å². The van der Waals surface area contributed by atoms with Gasteiger partial charge in [0.2, 0.25) is 5.91 Å². The van der Waals surface area contributed by atoms with Gasteiger partial charge in [-0.2, -0.15) is 0 Å². The Bertz CT molecular complexity index is 736. The van der Waals surface area contributed by atoms with E-state index in [9.17, 15) is 18.4 Å². The minimum atomic E-state index is -2.70. The number of halogens is 2. The number of likely N-dealkylation sites (tertiary alicyclic amines) is 1. The number of nitrogens with one attached hydrogen (secondary N) is 1. The molecule has 0 bridgehead atoms. The average molecular weight is 349 g/mol. The molecule has 3 rings (SSSR count). The molecule has 0 atom stereocenters. The first-order chi connectivity index (χ1) is 11.9. The molecule has 2 aromatic rings. The van der Waals surface area contributed by atoms with Gasteiger partial charge in [-0.3, -0.25) is 9.59 Å². The Hall–Kier alpha value is -2.84. The topological polar surface area (TPSA) is 80.1 Å². The molecular weight excluding hydrogens is 332 g/mol. The van der Waals surface area contributed by atoms with Gasteiger partial charge in [0.15, 0.2) is 0 Å². The number of benzene rings is 1. The van der Waals surface area contributed by atoms with E-state index in [1.54, 1.807) is 41.3 Å². The molecule has 1 aromatic carbocycles. The van der Waals surface area contributed by atoms with Crippen molar-refractivity contribution in [3.8, 4) is 5.69 Å². The van der Waals surface area contributed by atoms with E-state index < -0.39 is 11.8 Å². The summed E-state index contributed by atoms with van der Waals surface area (Å²) in [7, 11) is 0. The Balaban J connectivity index is 1.51. The fraction of sp³-hybridized carbons (Fsp3) is 0.375. The van der Waals surface area contributed by atoms with E-state index in [0.717, 1.165) is 5.69 Å². The van der Waals surface area contributed by atoms with Crippen molar-refractivity contribution in [3.05, 3.63) is 42.2 Å². The predicted molar refractivity (Wildman–Crippen MR) is 84.5 cm³/mol. The molecule has 9 heteroatoms. The fourth-order valence-corrected chi connectivity index (χ4v) is 2.56. The van der Waals surface area contributed by atoms with Crippen LogP contribution < -0.4 is 5.32 Å². The van der Waals surface area contributed by atoms with E-state index in [4.69, 9.17) is 0 Å². The lowest BCUT2D eigenvalue weighted by Gasteiger charge is -2.31. The molecule has 7 nitrogen and oxygen atoms in total. The number of alkyl halides is 2. The van der Waals surface area contributed by atoms with Gasteiger partial charge in [0.25, 0.3) is 11.8 Å². The van der Waals surface area contributed by atoms with Crippen molar-refractivity contribution in [2.24, 2.45) is 0 Å². The van der Waals surface area contributed by atoms with Crippen LogP contribution in [0.25, 0.3) is 5.69 Å². The van der Waals surface area contributed by atoms with Crippen LogP contribution in [0.1, 0.15) is 23.2 Å². The Kier molecular flexibility index (Phi) is 4.73. The fourth-order valence-electron chi connectivity index (χ4n) is 2.56. The average Bonchev–Trinajstić information content (AvgIpc) is 3.14. The Labute approximate surface area is 142 Å². The summed E-state index contributed by atoms with van der Waals surface area (Å²) in [6.45, 7) is -0.197. The molecule has 1 aliphatic rings. The van der Waals surface area contributed by atoms with Crippen molar-refractivity contribution >= 4 is 11.8 Å². The summed E-state index contributed by atoms with van der Waals surface area (Å²) in [4.78, 5) is 25.5. The van der Waals surface area contributed by atoms with Crippen molar-refractivity contribution in [1.29, 1.82) is 0 Å². The third-order valence-electron chi connectivity index (χ3n) is 4.06. The van der Waals surface area contributed by atoms with E-state index in [-0.39, 0.29) is 38.4 Å². The summed E-state index contributed by atoms with van der Waals surface area (Å²) >= 11 is 0. The normalized spacial score (nSPS) is 16.5. The van der Waals surface area contributed by atoms with Crippen LogP contribution in [0.3, 0.4) is 0 Å². The second kappa shape index (κ2) is 6.96. The van der Waals surface area contributed by atoms with Crippen LogP contribution in [-0.4, -0.2) is 57.3 Å². The molecule has 2 amide bonds. The van der Waals surface area contributed by atoms with E-state index in [1.807, 2.05) is 0 Å². The maximum atomic E-state index is 13.1. The molecule has 1 aliphatic heterocycles. The van der Waals surface area contributed by atoms with E-state index in [1.165, 1.54) is 4.90 Å². The number of nitrogens with zero attached hydrogens (tertiary/aromatic N) is 4. The van der Waals surface area contributed by atoms with Crippen molar-refractivity contribution in [3.63, 3.8) is 0 Å². The molecule has 1 saturated heterocycles. The third-order valence-corrected chi connectivity index (χ3v) is 4.06. The van der Waals surface area contributed by atoms with Crippen LogP contribution in [0.4, 0.5) is 8.78 Å². The van der Waals surface area contributed by atoms with Gasteiger partial charge in [-0.15, -0.1) is 5.10 Å². The molecule has 1 N–H and O–H groups in total. The summed E-state index contributed by atoms with van der Waals surface area (Å²) in [6, 6.07) is 6.63. The first-order valence-corrected chi connectivity index (χ1v) is 7.85. The van der Waals surface area contributed by atoms with Crippen molar-refractivity contribution in [2.45, 2.75) is 18.8 Å². The number of amides is 2. The van der Waals surface area contributed by atoms with Crippen molar-refractivity contribution in [1.82, 2.24) is 25.2 Å². The lowest BCUT2D eigenvalue weighted by molar-refractivity contribution is -0.136. The van der Waals surface area contributed by atoms with Gasteiger partial charge < -0.3 is 10.2 Å². The van der Waals surface area contributed by atoms with Crippen LogP contribution >= 0.6 is 0 Å². The van der Waals surface area contributed by atoms with Crippen LogP contribution in [-0.2, 0) is 4.79 Å². The Morgan fingerprint density at radius 1 is 1.16 bits per heavy atom. The number of carbonyl (C=O) groups excluding carboxylic acids is 2. The molecule has 0 unspecified atom stereocenters. The highest BCUT2D eigenvalue weighted by Gasteiger charge is 2.35. The zero-order chi connectivity index (χ0) is 17.9. The minimum Gasteiger partial charge on any atom is -0.343 e. The summed E-state index contributed by atoms with van der Waals surface area (Å²) in [5.41, 5.74) is 1.14. The van der Waals surface area contributed by atoms with Crippen LogP contribution in [0.15, 0.2) is 36.7 Å². The maximum Gasteiger partial charge on any atom is 0.251 e. The summed E-state index contributed by atoms with van der Waals surface area (Å²) < 4.78 is 27.7. The molecule has 0 spiro atoms. The number of rotatable bonds is 4. The molecule has 25 heavy (non-hydrogen) atoms. The quantitative estimate of drug-likeness (QED) is 0.901. The van der Waals surface area contributed by atoms with E-state index in [2.05, 4.69) is 15.6 Å². The number of hydrogen-bond acceptors (Lipinski definition) is 4. The van der Waals surface area contributed by atoms with Gasteiger partial charge in [0.05, 0.1) is 24.6 Å². The molecule has 1 aromatic heterocycles. The smallest absolute Gasteiger partial charge is 0.251 e. The van der Waals surface area contributed by atoms with Gasteiger partial charge in [0.1, 0.15) is 0 Å². The standard InChI is InChI=1S/C16H17F2N5O2/c17-16(18)5-8-22(9-6-16)14(24)11-19-15(25)12-1-3-13(4-2-12)23-10-7-20-21-23/h1-4,7,10H,5-6,8-9,11H2,(H,19,25). The van der Waals surface area contributed by atoms with E-state index in [0.29, 0.717) is 5.56 Å². The molecule has 0 radical (unpaired) electrons. The zero-order valence-electron chi connectivity index (χ0n) is 13.4. The predicted octanol–water partition coefficient (Wildman–Crippen LogP) is 1.25. The van der Waals surface area contributed by atoms with Crippen LogP contribution in [0.2, 0.25) is 0 Å². The van der Waals surface area contributed by atoms with Crippen LogP contribution in [0.5, 0.6) is 0 Å². The van der Waals surface area contributed by atoms with E-state index >= 15 is 0 Å². The number of aromatic nitrogens is 3. The Morgan fingerprint density at radius 2 is 1.84 bits per heavy atom. The Morgan fingerprint density at radius 3 is 2.44 bits per heavy atom. The van der Waals surface area contributed by atoms with Crippen molar-refractivity contribution in [2.75, 3.05) is 19.6 Å². The maximum absolute atomic E-state index is 13.1. The highest BCUT2D eigenvalue weighted by molar-refractivity contribution is 5.96. The largest absolute Gasteiger partial charge is 0.343 e. The van der Waals surface area contributed by atoms with Gasteiger partial charge >= 0.3 is 0 Å². The van der Waals surface area contributed by atoms with Gasteiger partial charge in [-0.1, -0.05) is 5.21 Å². The third kappa shape index (κ3) is 4.17. The summed E-state index contributed by atoms with van der Waals surface area (Å²) in [6.07, 6.45) is 2.55. The zero-order valence-corrected chi connectivity index (χ0v) is 13.4. The lowest BCUT2D eigenvalue weighted by Crippen LogP contribution is -2.46. The van der Waals surface area contributed by atoms with Gasteiger partial charge in [-0.05, 0) is 24.3 Å². The summed E-state index contributed by atoms with van der Waals surface area (Å²) in [5, 5.41) is 10.1. The number of hydrogen-bond donors (Lipinski definition) is 1. The molecule has 1 fully saturated rings. The first kappa shape index (κ1) is 17.0. The number of piperidine rings is 1. The second-order valence-corrected chi connectivity index (χ2v) is 5.81. The monoisotopic (exact) mass is 349 g/mol. The highest BCUT2D eigenvalue weighted by Crippen LogP contribution is 2.27. The molecule has 132 valence electrons. The van der Waals surface area contributed by atoms with Gasteiger partial charge in [-0.25, -0.2) is 13.5 Å². The summed E-state index contributed by atoms with van der Waals surface area (Å²) in [5.74, 6) is -3.46. The second-order valence-electron chi connectivity index (χ2n) is 5.81. The molecular formula is C16H17F2N5O2. The molecule has 0 saturated carbocycles. The van der Waals surface area contributed by atoms with Crippen molar-refractivity contribution < 1.29 is 18.4 Å². The van der Waals surface area contributed by atoms with Crippen LogP contribution in [0, 0.1) is 0 Å². The highest BCUT2D eigenvalue weighted by atomic mass is 19.3. The lowest BCUT2D eigenvalue weighted by atomic mass is 10.1. The number of carbonyl (C=O) groups is 2. The minimum absolute atomic E-state index is 0.00824. The molecule has 0 aliphatic carbocycles. The first-order valence-electron chi connectivity index (χ1n) is 7.85.